The van der Waals surface area contributed by atoms with E-state index in [9.17, 15) is 16.8 Å². The van der Waals surface area contributed by atoms with Gasteiger partial charge in [0, 0.05) is 11.4 Å². The fraction of sp³-hybridized carbons (Fsp3) is 0.100. The Bertz CT molecular complexity index is 1070. The van der Waals surface area contributed by atoms with Crippen molar-refractivity contribution >= 4 is 31.0 Å². The second-order valence-electron chi connectivity index (χ2n) is 6.47. The highest BCUT2D eigenvalue weighted by Crippen LogP contribution is 2.21. The molecule has 28 heavy (non-hydrogen) atoms. The molecule has 3 aromatic rings. The molecule has 0 bridgehead atoms. The smallest absolute Gasteiger partial charge is 0.182 e. The van der Waals surface area contributed by atoms with Gasteiger partial charge in [0.1, 0.15) is 0 Å². The van der Waals surface area contributed by atoms with Crippen LogP contribution in [0.1, 0.15) is 11.1 Å². The van der Waals surface area contributed by atoms with Crippen molar-refractivity contribution in [2.24, 2.45) is 0 Å². The number of nitrogen functional groups attached to an aromatic ring is 2. The number of hydrogen-bond acceptors (Lipinski definition) is 6. The Labute approximate surface area is 164 Å². The third-order valence-electron chi connectivity index (χ3n) is 4.21. The summed E-state index contributed by atoms with van der Waals surface area (Å²) in [4.78, 5) is 0.383. The van der Waals surface area contributed by atoms with E-state index < -0.39 is 19.7 Å². The van der Waals surface area contributed by atoms with Crippen LogP contribution in [-0.4, -0.2) is 16.8 Å². The van der Waals surface area contributed by atoms with Crippen molar-refractivity contribution in [1.82, 2.24) is 0 Å². The minimum atomic E-state index is -3.51. The normalized spacial score (nSPS) is 12.0. The summed E-state index contributed by atoms with van der Waals surface area (Å²) >= 11 is 0. The van der Waals surface area contributed by atoms with E-state index in [2.05, 4.69) is 0 Å². The third-order valence-corrected chi connectivity index (χ3v) is 7.62. The molecule has 0 unspecified atom stereocenters. The summed E-state index contributed by atoms with van der Waals surface area (Å²) in [7, 11) is -7.02. The van der Waals surface area contributed by atoms with Gasteiger partial charge in [-0.05, 0) is 59.7 Å². The summed E-state index contributed by atoms with van der Waals surface area (Å²) in [5.74, 6) is -0.357. The Hall–Kier alpha value is -2.84. The minimum absolute atomic E-state index is 0.179. The molecule has 3 aromatic carbocycles. The number of sulfone groups is 2. The van der Waals surface area contributed by atoms with E-state index in [0.717, 1.165) is 0 Å². The summed E-state index contributed by atoms with van der Waals surface area (Å²) in [6.07, 6.45) is 0. The van der Waals surface area contributed by atoms with Crippen molar-refractivity contribution in [2.75, 3.05) is 11.5 Å². The van der Waals surface area contributed by atoms with Gasteiger partial charge in [-0.25, -0.2) is 16.8 Å². The van der Waals surface area contributed by atoms with E-state index in [4.69, 9.17) is 11.5 Å². The first-order valence-electron chi connectivity index (χ1n) is 8.40. The van der Waals surface area contributed by atoms with Crippen molar-refractivity contribution in [3.63, 3.8) is 0 Å². The van der Waals surface area contributed by atoms with Crippen LogP contribution >= 0.6 is 0 Å². The highest BCUT2D eigenvalue weighted by molar-refractivity contribution is 7.91. The fourth-order valence-electron chi connectivity index (χ4n) is 2.69. The lowest BCUT2D eigenvalue weighted by molar-refractivity contribution is 0.593. The van der Waals surface area contributed by atoms with Crippen LogP contribution in [0.3, 0.4) is 0 Å². The topological polar surface area (TPSA) is 120 Å². The lowest BCUT2D eigenvalue weighted by atomic mass is 10.2. The Kier molecular flexibility index (Phi) is 5.44. The SMILES string of the molecule is Nc1ccc(S(=O)(=O)Cc2ccc(CS(=O)(=O)c3ccc(N)cc3)cc2)cc1. The summed E-state index contributed by atoms with van der Waals surface area (Å²) in [6.45, 7) is 0. The monoisotopic (exact) mass is 416 g/mol. The standard InChI is InChI=1S/C20H20N2O4S2/c21-17-5-9-19(10-6-17)27(23,24)13-15-1-2-16(4-3-15)14-28(25,26)20-11-7-18(22)8-12-20/h1-12H,13-14,21-22H2. The minimum Gasteiger partial charge on any atom is -0.399 e. The number of benzene rings is 3. The molecule has 3 rings (SSSR count). The van der Waals surface area contributed by atoms with Gasteiger partial charge < -0.3 is 11.5 Å². The molecule has 0 spiro atoms. The summed E-state index contributed by atoms with van der Waals surface area (Å²) in [5, 5.41) is 0. The van der Waals surface area contributed by atoms with Crippen LogP contribution in [0.5, 0.6) is 0 Å². The second kappa shape index (κ2) is 7.65. The van der Waals surface area contributed by atoms with Gasteiger partial charge in [0.05, 0.1) is 21.3 Å². The average molecular weight is 417 g/mol. The second-order valence-corrected chi connectivity index (χ2v) is 10.5. The van der Waals surface area contributed by atoms with Crippen molar-refractivity contribution in [3.05, 3.63) is 83.9 Å². The molecule has 4 N–H and O–H groups in total. The molecule has 0 atom stereocenters. The zero-order chi connectivity index (χ0) is 20.4. The van der Waals surface area contributed by atoms with Gasteiger partial charge >= 0.3 is 0 Å². The first-order valence-corrected chi connectivity index (χ1v) is 11.7. The molecule has 0 aliphatic rings. The van der Waals surface area contributed by atoms with Gasteiger partial charge in [-0.2, -0.15) is 0 Å². The molecular formula is C20H20N2O4S2. The maximum Gasteiger partial charge on any atom is 0.182 e. The highest BCUT2D eigenvalue weighted by Gasteiger charge is 2.17. The first-order chi connectivity index (χ1) is 13.2. The predicted molar refractivity (Wildman–Crippen MR) is 110 cm³/mol. The quantitative estimate of drug-likeness (QED) is 0.596. The van der Waals surface area contributed by atoms with Gasteiger partial charge in [-0.3, -0.25) is 0 Å². The lowest BCUT2D eigenvalue weighted by Gasteiger charge is -2.08. The molecule has 0 aliphatic heterocycles. The zero-order valence-corrected chi connectivity index (χ0v) is 16.6. The molecule has 0 aliphatic carbocycles. The largest absolute Gasteiger partial charge is 0.399 e. The Balaban J connectivity index is 1.74. The van der Waals surface area contributed by atoms with E-state index in [1.807, 2.05) is 0 Å². The maximum atomic E-state index is 12.5. The Morgan fingerprint density at radius 3 is 1.07 bits per heavy atom. The maximum absolute atomic E-state index is 12.5. The number of rotatable bonds is 6. The van der Waals surface area contributed by atoms with E-state index in [0.29, 0.717) is 22.5 Å². The lowest BCUT2D eigenvalue weighted by Crippen LogP contribution is -2.07. The van der Waals surface area contributed by atoms with E-state index >= 15 is 0 Å². The van der Waals surface area contributed by atoms with Crippen molar-refractivity contribution < 1.29 is 16.8 Å². The number of anilines is 2. The molecule has 6 nitrogen and oxygen atoms in total. The summed E-state index contributed by atoms with van der Waals surface area (Å²) < 4.78 is 50.0. The molecule has 0 fully saturated rings. The van der Waals surface area contributed by atoms with Crippen LogP contribution in [0.15, 0.2) is 82.6 Å². The molecule has 0 radical (unpaired) electrons. The Morgan fingerprint density at radius 1 is 0.500 bits per heavy atom. The van der Waals surface area contributed by atoms with Gasteiger partial charge in [0.2, 0.25) is 0 Å². The molecule has 0 aromatic heterocycles. The van der Waals surface area contributed by atoms with Crippen molar-refractivity contribution in [1.29, 1.82) is 0 Å². The molecular weight excluding hydrogens is 396 g/mol. The number of hydrogen-bond donors (Lipinski definition) is 2. The van der Waals surface area contributed by atoms with Gasteiger partial charge in [0.25, 0.3) is 0 Å². The average Bonchev–Trinajstić information content (AvgIpc) is 2.64. The van der Waals surface area contributed by atoms with Crippen LogP contribution < -0.4 is 11.5 Å². The molecule has 8 heteroatoms. The van der Waals surface area contributed by atoms with Crippen LogP contribution in [0.4, 0.5) is 11.4 Å². The first kappa shape index (κ1) is 19.9. The van der Waals surface area contributed by atoms with Crippen LogP contribution in [0.25, 0.3) is 0 Å². The van der Waals surface area contributed by atoms with Crippen molar-refractivity contribution in [3.8, 4) is 0 Å². The predicted octanol–water partition coefficient (Wildman–Crippen LogP) is 2.80. The highest BCUT2D eigenvalue weighted by atomic mass is 32.2. The van der Waals surface area contributed by atoms with Crippen LogP contribution in [-0.2, 0) is 31.2 Å². The third kappa shape index (κ3) is 4.71. The molecule has 0 saturated heterocycles. The molecule has 0 saturated carbocycles. The molecule has 146 valence electrons. The molecule has 0 amide bonds. The van der Waals surface area contributed by atoms with Crippen LogP contribution in [0, 0.1) is 0 Å². The van der Waals surface area contributed by atoms with Crippen LogP contribution in [0.2, 0.25) is 0 Å². The van der Waals surface area contributed by atoms with E-state index in [1.165, 1.54) is 48.5 Å². The van der Waals surface area contributed by atoms with E-state index in [1.54, 1.807) is 24.3 Å². The summed E-state index contributed by atoms with van der Waals surface area (Å²) in [5.41, 5.74) is 13.3. The number of nitrogens with two attached hydrogens (primary N) is 2. The zero-order valence-electron chi connectivity index (χ0n) is 14.9. The Morgan fingerprint density at radius 2 is 0.786 bits per heavy atom. The van der Waals surface area contributed by atoms with Gasteiger partial charge in [0.15, 0.2) is 19.7 Å². The van der Waals surface area contributed by atoms with E-state index in [-0.39, 0.29) is 21.3 Å². The van der Waals surface area contributed by atoms with Crippen molar-refractivity contribution in [2.45, 2.75) is 21.3 Å². The fourth-order valence-corrected chi connectivity index (χ4v) is 5.38. The summed E-state index contributed by atoms with van der Waals surface area (Å²) in [6, 6.07) is 18.6. The van der Waals surface area contributed by atoms with Gasteiger partial charge in [-0.15, -0.1) is 0 Å². The molecule has 0 heterocycles. The van der Waals surface area contributed by atoms with Gasteiger partial charge in [-0.1, -0.05) is 24.3 Å².